The van der Waals surface area contributed by atoms with Gasteiger partial charge in [0.2, 0.25) is 0 Å². The van der Waals surface area contributed by atoms with Crippen LogP contribution in [0.5, 0.6) is 23.0 Å². The number of ether oxygens (including phenoxy) is 4. The molecule has 150 valence electrons. The Labute approximate surface area is 164 Å². The van der Waals surface area contributed by atoms with E-state index in [4.69, 9.17) is 24.7 Å². The van der Waals surface area contributed by atoms with Gasteiger partial charge in [0.15, 0.2) is 11.5 Å². The van der Waals surface area contributed by atoms with Crippen LogP contribution in [0.2, 0.25) is 0 Å². The molecule has 0 bridgehead atoms. The van der Waals surface area contributed by atoms with Crippen molar-refractivity contribution in [3.8, 4) is 23.0 Å². The van der Waals surface area contributed by atoms with Crippen molar-refractivity contribution in [3.05, 3.63) is 48.0 Å². The highest BCUT2D eigenvalue weighted by Crippen LogP contribution is 2.28. The van der Waals surface area contributed by atoms with E-state index >= 15 is 0 Å². The SMILES string of the molecule is CCOc1cc(C=NNC(N)=O)ccc1OCCCOc1cccc(OC)c1. The third kappa shape index (κ3) is 7.06. The Morgan fingerprint density at radius 1 is 1.07 bits per heavy atom. The second-order valence-corrected chi connectivity index (χ2v) is 5.60. The Balaban J connectivity index is 1.84. The van der Waals surface area contributed by atoms with Crippen LogP contribution in [0, 0.1) is 0 Å². The highest BCUT2D eigenvalue weighted by Gasteiger charge is 2.06. The molecule has 2 amide bonds. The first kappa shape index (κ1) is 20.9. The average molecular weight is 387 g/mol. The topological polar surface area (TPSA) is 104 Å². The summed E-state index contributed by atoms with van der Waals surface area (Å²) in [4.78, 5) is 10.6. The lowest BCUT2D eigenvalue weighted by Gasteiger charge is -2.13. The van der Waals surface area contributed by atoms with E-state index in [9.17, 15) is 4.79 Å². The van der Waals surface area contributed by atoms with Crippen LogP contribution in [0.3, 0.4) is 0 Å². The zero-order valence-electron chi connectivity index (χ0n) is 16.0. The molecule has 8 nitrogen and oxygen atoms in total. The third-order valence-corrected chi connectivity index (χ3v) is 3.51. The van der Waals surface area contributed by atoms with Crippen molar-refractivity contribution in [2.75, 3.05) is 26.9 Å². The smallest absolute Gasteiger partial charge is 0.332 e. The zero-order chi connectivity index (χ0) is 20.2. The molecule has 0 saturated carbocycles. The van der Waals surface area contributed by atoms with Crippen LogP contribution in [0.1, 0.15) is 18.9 Å². The number of hydrazone groups is 1. The number of carbonyl (C=O) groups is 1. The summed E-state index contributed by atoms with van der Waals surface area (Å²) in [6, 6.07) is 12.1. The predicted octanol–water partition coefficient (Wildman–Crippen LogP) is 2.94. The van der Waals surface area contributed by atoms with Gasteiger partial charge in [0.05, 0.1) is 33.1 Å². The second kappa shape index (κ2) is 11.3. The van der Waals surface area contributed by atoms with E-state index in [2.05, 4.69) is 10.5 Å². The van der Waals surface area contributed by atoms with E-state index in [1.165, 1.54) is 6.21 Å². The quantitative estimate of drug-likeness (QED) is 0.350. The summed E-state index contributed by atoms with van der Waals surface area (Å²) in [5.74, 6) is 2.73. The van der Waals surface area contributed by atoms with Crippen molar-refractivity contribution in [2.24, 2.45) is 10.8 Å². The zero-order valence-corrected chi connectivity index (χ0v) is 16.0. The number of amides is 2. The number of rotatable bonds is 11. The summed E-state index contributed by atoms with van der Waals surface area (Å²) in [7, 11) is 1.62. The van der Waals surface area contributed by atoms with E-state index in [1.807, 2.05) is 31.2 Å². The molecule has 0 heterocycles. The van der Waals surface area contributed by atoms with Crippen LogP contribution in [-0.4, -0.2) is 39.2 Å². The molecule has 0 unspecified atom stereocenters. The molecule has 2 aromatic rings. The number of carbonyl (C=O) groups excluding carboxylic acids is 1. The van der Waals surface area contributed by atoms with E-state index in [-0.39, 0.29) is 0 Å². The number of nitrogens with two attached hydrogens (primary N) is 1. The maximum atomic E-state index is 10.6. The Morgan fingerprint density at radius 3 is 2.61 bits per heavy atom. The number of methoxy groups -OCH3 is 1. The Hall–Kier alpha value is -3.42. The summed E-state index contributed by atoms with van der Waals surface area (Å²) < 4.78 is 22.3. The molecule has 0 atom stereocenters. The van der Waals surface area contributed by atoms with Crippen molar-refractivity contribution in [3.63, 3.8) is 0 Å². The normalized spacial score (nSPS) is 10.5. The van der Waals surface area contributed by atoms with Gasteiger partial charge in [0.25, 0.3) is 0 Å². The number of nitrogens with one attached hydrogen (secondary N) is 1. The average Bonchev–Trinajstić information content (AvgIpc) is 2.69. The Morgan fingerprint density at radius 2 is 1.86 bits per heavy atom. The lowest BCUT2D eigenvalue weighted by Crippen LogP contribution is -2.24. The van der Waals surface area contributed by atoms with Crippen molar-refractivity contribution in [1.29, 1.82) is 0 Å². The Bertz CT molecular complexity index is 795. The first-order valence-corrected chi connectivity index (χ1v) is 8.87. The molecular weight excluding hydrogens is 362 g/mol. The maximum absolute atomic E-state index is 10.6. The summed E-state index contributed by atoms with van der Waals surface area (Å²) in [6.07, 6.45) is 2.17. The van der Waals surface area contributed by atoms with E-state index in [0.29, 0.717) is 37.7 Å². The fraction of sp³-hybridized carbons (Fsp3) is 0.300. The molecule has 0 saturated heterocycles. The molecule has 0 aromatic heterocycles. The van der Waals surface area contributed by atoms with E-state index < -0.39 is 6.03 Å². The number of hydrogen-bond acceptors (Lipinski definition) is 6. The predicted molar refractivity (Wildman–Crippen MR) is 107 cm³/mol. The van der Waals surface area contributed by atoms with Gasteiger partial charge in [-0.15, -0.1) is 0 Å². The molecule has 2 aromatic carbocycles. The van der Waals surface area contributed by atoms with Gasteiger partial charge in [-0.25, -0.2) is 10.2 Å². The number of nitrogens with zero attached hydrogens (tertiary/aromatic N) is 1. The molecule has 0 fully saturated rings. The van der Waals surface area contributed by atoms with Gasteiger partial charge < -0.3 is 24.7 Å². The standard InChI is InChI=1S/C20H25N3O5/c1-3-26-19-12-15(14-22-23-20(21)24)8-9-18(19)28-11-5-10-27-17-7-4-6-16(13-17)25-2/h4,6-9,12-14H,3,5,10-11H2,1-2H3,(H3,21,23,24). The fourth-order valence-corrected chi connectivity index (χ4v) is 2.28. The lowest BCUT2D eigenvalue weighted by molar-refractivity contribution is 0.235. The molecule has 0 aliphatic heterocycles. The van der Waals surface area contributed by atoms with Crippen LogP contribution in [-0.2, 0) is 0 Å². The second-order valence-electron chi connectivity index (χ2n) is 5.60. The van der Waals surface area contributed by atoms with Gasteiger partial charge in [0, 0.05) is 12.5 Å². The molecule has 28 heavy (non-hydrogen) atoms. The van der Waals surface area contributed by atoms with Crippen LogP contribution < -0.4 is 30.1 Å². The van der Waals surface area contributed by atoms with Crippen LogP contribution >= 0.6 is 0 Å². The highest BCUT2D eigenvalue weighted by atomic mass is 16.5. The number of primary amides is 1. The lowest BCUT2D eigenvalue weighted by atomic mass is 10.2. The largest absolute Gasteiger partial charge is 0.497 e. The minimum atomic E-state index is -0.725. The first-order chi connectivity index (χ1) is 13.6. The summed E-state index contributed by atoms with van der Waals surface area (Å²) in [6.45, 7) is 3.37. The van der Waals surface area contributed by atoms with Crippen molar-refractivity contribution < 1.29 is 23.7 Å². The Kier molecular flexibility index (Phi) is 8.45. The number of urea groups is 1. The molecule has 8 heteroatoms. The van der Waals surface area contributed by atoms with Gasteiger partial charge >= 0.3 is 6.03 Å². The van der Waals surface area contributed by atoms with Crippen molar-refractivity contribution in [1.82, 2.24) is 5.43 Å². The summed E-state index contributed by atoms with van der Waals surface area (Å²) in [5.41, 5.74) is 7.85. The highest BCUT2D eigenvalue weighted by molar-refractivity contribution is 5.82. The van der Waals surface area contributed by atoms with Crippen LogP contribution in [0.15, 0.2) is 47.6 Å². The van der Waals surface area contributed by atoms with Gasteiger partial charge in [-0.2, -0.15) is 5.10 Å². The van der Waals surface area contributed by atoms with Gasteiger partial charge in [-0.1, -0.05) is 6.07 Å². The minimum absolute atomic E-state index is 0.473. The summed E-state index contributed by atoms with van der Waals surface area (Å²) in [5, 5.41) is 3.73. The maximum Gasteiger partial charge on any atom is 0.332 e. The van der Waals surface area contributed by atoms with Crippen molar-refractivity contribution >= 4 is 12.2 Å². The molecule has 2 rings (SSSR count). The molecular formula is C20H25N3O5. The molecule has 0 aliphatic carbocycles. The molecule has 0 spiro atoms. The van der Waals surface area contributed by atoms with E-state index in [1.54, 1.807) is 25.3 Å². The molecule has 0 radical (unpaired) electrons. The number of benzene rings is 2. The molecule has 3 N–H and O–H groups in total. The van der Waals surface area contributed by atoms with Crippen LogP contribution in [0.4, 0.5) is 4.79 Å². The number of hydrogen-bond donors (Lipinski definition) is 2. The van der Waals surface area contributed by atoms with E-state index in [0.717, 1.165) is 17.1 Å². The van der Waals surface area contributed by atoms with Gasteiger partial charge in [-0.3, -0.25) is 0 Å². The van der Waals surface area contributed by atoms with Gasteiger partial charge in [-0.05, 0) is 42.8 Å². The third-order valence-electron chi connectivity index (χ3n) is 3.51. The first-order valence-electron chi connectivity index (χ1n) is 8.87. The summed E-state index contributed by atoms with van der Waals surface area (Å²) >= 11 is 0. The van der Waals surface area contributed by atoms with Crippen LogP contribution in [0.25, 0.3) is 0 Å². The van der Waals surface area contributed by atoms with Crippen molar-refractivity contribution in [2.45, 2.75) is 13.3 Å². The molecule has 0 aliphatic rings. The fourth-order valence-electron chi connectivity index (χ4n) is 2.28. The monoisotopic (exact) mass is 387 g/mol. The van der Waals surface area contributed by atoms with Gasteiger partial charge in [0.1, 0.15) is 11.5 Å². The minimum Gasteiger partial charge on any atom is -0.497 e.